The molecule has 0 aliphatic rings. The Balaban J connectivity index is 0.00000300. The lowest BCUT2D eigenvalue weighted by atomic mass is 10.1. The maximum atomic E-state index is 13.2. The van der Waals surface area contributed by atoms with Crippen LogP contribution in [0.3, 0.4) is 0 Å². The minimum atomic E-state index is 0. The number of anilines is 1. The summed E-state index contributed by atoms with van der Waals surface area (Å²) in [5, 5.41) is 0.806. The first-order chi connectivity index (χ1) is 13.3. The molecule has 156 valence electrons. The van der Waals surface area contributed by atoms with Gasteiger partial charge >= 0.3 is 0 Å². The average Bonchev–Trinajstić information content (AvgIpc) is 3.06. The van der Waals surface area contributed by atoms with Gasteiger partial charge in [0.1, 0.15) is 0 Å². The van der Waals surface area contributed by atoms with Crippen LogP contribution in [0.25, 0.3) is 10.2 Å². The van der Waals surface area contributed by atoms with Crippen molar-refractivity contribution in [3.8, 4) is 0 Å². The molecule has 4 nitrogen and oxygen atoms in total. The molecule has 0 N–H and O–H groups in total. The number of amides is 1. The molecule has 0 spiro atoms. The van der Waals surface area contributed by atoms with Crippen molar-refractivity contribution >= 4 is 45.0 Å². The Hall–Kier alpha value is -1.95. The highest BCUT2D eigenvalue weighted by Gasteiger charge is 2.20. The van der Waals surface area contributed by atoms with Gasteiger partial charge in [0.05, 0.1) is 16.6 Å². The van der Waals surface area contributed by atoms with Gasteiger partial charge in [-0.1, -0.05) is 47.2 Å². The van der Waals surface area contributed by atoms with E-state index in [1.54, 1.807) is 11.3 Å². The number of thiazole rings is 1. The van der Waals surface area contributed by atoms with Crippen LogP contribution < -0.4 is 4.90 Å². The van der Waals surface area contributed by atoms with E-state index in [0.717, 1.165) is 33.9 Å². The van der Waals surface area contributed by atoms with E-state index in [1.165, 1.54) is 16.7 Å². The van der Waals surface area contributed by atoms with Gasteiger partial charge < -0.3 is 4.90 Å². The number of aromatic nitrogens is 1. The van der Waals surface area contributed by atoms with Gasteiger partial charge in [-0.05, 0) is 70.6 Å². The molecule has 0 unspecified atom stereocenters. The second-order valence-corrected chi connectivity index (χ2v) is 8.73. The second-order valence-electron chi connectivity index (χ2n) is 7.72. The normalized spacial score (nSPS) is 11.0. The highest BCUT2D eigenvalue weighted by atomic mass is 35.5. The van der Waals surface area contributed by atoms with Crippen LogP contribution in [0.2, 0.25) is 0 Å². The van der Waals surface area contributed by atoms with E-state index in [9.17, 15) is 4.79 Å². The van der Waals surface area contributed by atoms with Crippen LogP contribution in [0.4, 0.5) is 5.13 Å². The van der Waals surface area contributed by atoms with Crippen LogP contribution in [0.5, 0.6) is 0 Å². The first kappa shape index (κ1) is 23.3. The molecule has 2 aromatic carbocycles. The molecule has 1 heterocycles. The van der Waals surface area contributed by atoms with Crippen LogP contribution in [0, 0.1) is 20.8 Å². The van der Waals surface area contributed by atoms with Crippen LogP contribution in [0.1, 0.15) is 28.7 Å². The highest BCUT2D eigenvalue weighted by molar-refractivity contribution is 7.22. The Kier molecular flexibility index (Phi) is 8.20. The van der Waals surface area contributed by atoms with E-state index in [4.69, 9.17) is 4.98 Å². The molecule has 3 rings (SSSR count). The lowest BCUT2D eigenvalue weighted by Crippen LogP contribution is -2.34. The number of nitrogens with zero attached hydrogens (tertiary/aromatic N) is 3. The number of aryl methyl sites for hydroxylation is 3. The Morgan fingerprint density at radius 3 is 2.52 bits per heavy atom. The smallest absolute Gasteiger partial charge is 0.233 e. The van der Waals surface area contributed by atoms with Crippen molar-refractivity contribution in [2.24, 2.45) is 0 Å². The molecular weight excluding hydrogens is 402 g/mol. The van der Waals surface area contributed by atoms with Gasteiger partial charge in [0, 0.05) is 6.54 Å². The molecule has 0 fully saturated rings. The van der Waals surface area contributed by atoms with Gasteiger partial charge in [0.25, 0.3) is 0 Å². The quantitative estimate of drug-likeness (QED) is 0.517. The maximum absolute atomic E-state index is 13.2. The topological polar surface area (TPSA) is 36.4 Å². The van der Waals surface area contributed by atoms with Gasteiger partial charge in [-0.15, -0.1) is 12.4 Å². The first-order valence-corrected chi connectivity index (χ1v) is 10.5. The minimum absolute atomic E-state index is 0. The van der Waals surface area contributed by atoms with Crippen molar-refractivity contribution in [1.82, 2.24) is 9.88 Å². The monoisotopic (exact) mass is 431 g/mol. The van der Waals surface area contributed by atoms with Crippen molar-refractivity contribution in [2.75, 3.05) is 32.1 Å². The number of benzene rings is 2. The summed E-state index contributed by atoms with van der Waals surface area (Å²) in [4.78, 5) is 22.1. The van der Waals surface area contributed by atoms with Gasteiger partial charge in [-0.2, -0.15) is 0 Å². The zero-order chi connectivity index (χ0) is 20.3. The summed E-state index contributed by atoms with van der Waals surface area (Å²) in [5.74, 6) is 0.109. The summed E-state index contributed by atoms with van der Waals surface area (Å²) < 4.78 is 1.14. The number of rotatable bonds is 7. The Bertz CT molecular complexity index is 983. The molecule has 0 aliphatic heterocycles. The van der Waals surface area contributed by atoms with E-state index in [2.05, 4.69) is 64.0 Å². The van der Waals surface area contributed by atoms with Gasteiger partial charge in [0.2, 0.25) is 5.91 Å². The number of hydrogen-bond donors (Lipinski definition) is 0. The van der Waals surface area contributed by atoms with Crippen LogP contribution in [-0.4, -0.2) is 43.0 Å². The average molecular weight is 432 g/mol. The van der Waals surface area contributed by atoms with Crippen molar-refractivity contribution < 1.29 is 4.79 Å². The molecule has 0 saturated heterocycles. The Morgan fingerprint density at radius 2 is 1.83 bits per heavy atom. The number of halogens is 1. The molecule has 0 saturated carbocycles. The van der Waals surface area contributed by atoms with E-state index >= 15 is 0 Å². The zero-order valence-corrected chi connectivity index (χ0v) is 19.5. The predicted octanol–water partition coefficient (Wildman–Crippen LogP) is 5.17. The number of fused-ring (bicyclic) bond motifs is 1. The van der Waals surface area contributed by atoms with Crippen molar-refractivity contribution in [3.63, 3.8) is 0 Å². The molecule has 1 amide bonds. The fourth-order valence-electron chi connectivity index (χ4n) is 3.29. The Labute approximate surface area is 184 Å². The fourth-order valence-corrected chi connectivity index (χ4v) is 4.36. The zero-order valence-electron chi connectivity index (χ0n) is 17.9. The third-order valence-corrected chi connectivity index (χ3v) is 6.07. The lowest BCUT2D eigenvalue weighted by molar-refractivity contribution is -0.118. The third kappa shape index (κ3) is 5.78. The number of carbonyl (C=O) groups is 1. The molecule has 3 aromatic rings. The first-order valence-electron chi connectivity index (χ1n) is 9.72. The van der Waals surface area contributed by atoms with E-state index in [-0.39, 0.29) is 18.3 Å². The maximum Gasteiger partial charge on any atom is 0.233 e. The molecule has 1 aromatic heterocycles. The second kappa shape index (κ2) is 10.2. The highest BCUT2D eigenvalue weighted by Crippen LogP contribution is 2.32. The standard InChI is InChI=1S/C23H29N3OS.ClH/c1-16-8-6-9-19(14-16)15-21(27)26(13-7-12-25(4)5)23-24-22-18(3)17(2)10-11-20(22)28-23;/h6,8-11,14H,7,12-13,15H2,1-5H3;1H. The molecule has 0 radical (unpaired) electrons. The Morgan fingerprint density at radius 1 is 1.07 bits per heavy atom. The number of carbonyl (C=O) groups excluding carboxylic acids is 1. The summed E-state index contributed by atoms with van der Waals surface area (Å²) in [7, 11) is 4.12. The SMILES string of the molecule is Cc1cccc(CC(=O)N(CCCN(C)C)c2nc3c(C)c(C)ccc3s2)c1.Cl. The van der Waals surface area contributed by atoms with Crippen molar-refractivity contribution in [3.05, 3.63) is 58.7 Å². The molecular formula is C23H30ClN3OS. The van der Waals surface area contributed by atoms with Crippen LogP contribution >= 0.6 is 23.7 Å². The predicted molar refractivity (Wildman–Crippen MR) is 127 cm³/mol. The van der Waals surface area contributed by atoms with Crippen molar-refractivity contribution in [2.45, 2.75) is 33.6 Å². The van der Waals surface area contributed by atoms with E-state index in [1.807, 2.05) is 17.0 Å². The van der Waals surface area contributed by atoms with Gasteiger partial charge in [-0.25, -0.2) is 4.98 Å². The summed E-state index contributed by atoms with van der Waals surface area (Å²) in [6.45, 7) is 7.89. The molecule has 0 atom stereocenters. The molecule has 0 bridgehead atoms. The summed E-state index contributed by atoms with van der Waals surface area (Å²) in [6, 6.07) is 12.4. The van der Waals surface area contributed by atoms with E-state index < -0.39 is 0 Å². The summed E-state index contributed by atoms with van der Waals surface area (Å²) >= 11 is 1.61. The fraction of sp³-hybridized carbons (Fsp3) is 0.391. The van der Waals surface area contributed by atoms with Gasteiger partial charge in [-0.3, -0.25) is 9.69 Å². The minimum Gasteiger partial charge on any atom is -0.309 e. The number of hydrogen-bond acceptors (Lipinski definition) is 4. The van der Waals surface area contributed by atoms with Crippen LogP contribution in [0.15, 0.2) is 36.4 Å². The van der Waals surface area contributed by atoms with Crippen molar-refractivity contribution in [1.29, 1.82) is 0 Å². The molecule has 6 heteroatoms. The van der Waals surface area contributed by atoms with E-state index in [0.29, 0.717) is 13.0 Å². The molecule has 29 heavy (non-hydrogen) atoms. The summed E-state index contributed by atoms with van der Waals surface area (Å²) in [5.41, 5.74) is 5.67. The largest absolute Gasteiger partial charge is 0.309 e. The molecule has 0 aliphatic carbocycles. The van der Waals surface area contributed by atoms with Gasteiger partial charge in [0.15, 0.2) is 5.13 Å². The lowest BCUT2D eigenvalue weighted by Gasteiger charge is -2.21. The summed E-state index contributed by atoms with van der Waals surface area (Å²) in [6.07, 6.45) is 1.32. The third-order valence-electron chi connectivity index (χ3n) is 5.03. The van der Waals surface area contributed by atoms with Crippen LogP contribution in [-0.2, 0) is 11.2 Å².